The number of urea groups is 1. The highest BCUT2D eigenvalue weighted by Crippen LogP contribution is 2.25. The van der Waals surface area contributed by atoms with Gasteiger partial charge in [0.2, 0.25) is 0 Å². The number of amides is 2. The Morgan fingerprint density at radius 2 is 1.80 bits per heavy atom. The molecule has 0 saturated carbocycles. The maximum absolute atomic E-state index is 10.8. The normalized spacial score (nSPS) is 10.2. The molecule has 2 N–H and O–H groups in total. The van der Waals surface area contributed by atoms with E-state index in [0.29, 0.717) is 10.7 Å². The first kappa shape index (κ1) is 9.48. The molecule has 0 heterocycles. The predicted molar refractivity (Wildman–Crippen MR) is 58.1 cm³/mol. The molecule has 0 spiro atoms. The molecule has 0 saturated heterocycles. The molecule has 0 aliphatic carbocycles. The van der Waals surface area contributed by atoms with Crippen molar-refractivity contribution in [1.29, 1.82) is 0 Å². The van der Waals surface area contributed by atoms with E-state index < -0.39 is 6.03 Å². The topological polar surface area (TPSA) is 68.6 Å². The summed E-state index contributed by atoms with van der Waals surface area (Å²) in [5, 5.41) is 2.17. The molecule has 2 aromatic rings. The SMILES string of the molecule is [N]N(C(N)=O)c1cccc2ccccc12. The van der Waals surface area contributed by atoms with Crippen molar-refractivity contribution in [3.63, 3.8) is 0 Å². The van der Waals surface area contributed by atoms with Crippen LogP contribution in [0.3, 0.4) is 0 Å². The second-order valence-electron chi connectivity index (χ2n) is 3.15. The van der Waals surface area contributed by atoms with Crippen LogP contribution in [0.4, 0.5) is 10.5 Å². The number of carbonyl (C=O) groups is 1. The van der Waals surface area contributed by atoms with E-state index in [1.807, 2.05) is 30.3 Å². The van der Waals surface area contributed by atoms with Gasteiger partial charge in [0.25, 0.3) is 0 Å². The lowest BCUT2D eigenvalue weighted by molar-refractivity contribution is 0.253. The molecule has 2 aromatic carbocycles. The average Bonchev–Trinajstić information content (AvgIpc) is 2.27. The summed E-state index contributed by atoms with van der Waals surface area (Å²) in [6, 6.07) is 11.8. The molecular weight excluding hydrogens is 190 g/mol. The monoisotopic (exact) mass is 199 g/mol. The molecule has 0 bridgehead atoms. The Morgan fingerprint density at radius 3 is 2.53 bits per heavy atom. The van der Waals surface area contributed by atoms with Crippen LogP contribution in [0.15, 0.2) is 42.5 Å². The number of nitrogens with two attached hydrogens (primary N) is 1. The van der Waals surface area contributed by atoms with Gasteiger partial charge in [-0.05, 0) is 11.5 Å². The molecule has 4 heteroatoms. The molecule has 2 amide bonds. The summed E-state index contributed by atoms with van der Waals surface area (Å²) in [5.41, 5.74) is 5.39. The fourth-order valence-electron chi connectivity index (χ4n) is 1.51. The molecule has 0 atom stereocenters. The van der Waals surface area contributed by atoms with Crippen LogP contribution in [0, 0.1) is 0 Å². The molecule has 0 fully saturated rings. The third-order valence-corrected chi connectivity index (χ3v) is 2.20. The quantitative estimate of drug-likeness (QED) is 0.698. The molecule has 2 rings (SSSR count). The zero-order valence-corrected chi connectivity index (χ0v) is 7.92. The van der Waals surface area contributed by atoms with Gasteiger partial charge in [-0.15, -0.1) is 0 Å². The van der Waals surface area contributed by atoms with Crippen molar-refractivity contribution in [3.8, 4) is 0 Å². The van der Waals surface area contributed by atoms with Crippen molar-refractivity contribution in [3.05, 3.63) is 42.5 Å². The van der Waals surface area contributed by atoms with Gasteiger partial charge >= 0.3 is 6.03 Å². The minimum Gasteiger partial charge on any atom is -0.350 e. The van der Waals surface area contributed by atoms with Gasteiger partial charge < -0.3 is 5.73 Å². The smallest absolute Gasteiger partial charge is 0.336 e. The predicted octanol–water partition coefficient (Wildman–Crippen LogP) is 1.71. The summed E-state index contributed by atoms with van der Waals surface area (Å²) in [6.45, 7) is 0. The Morgan fingerprint density at radius 1 is 1.13 bits per heavy atom. The van der Waals surface area contributed by atoms with Crippen LogP contribution in [-0.4, -0.2) is 6.03 Å². The van der Waals surface area contributed by atoms with Crippen LogP contribution < -0.4 is 16.6 Å². The van der Waals surface area contributed by atoms with E-state index in [-0.39, 0.29) is 0 Å². The van der Waals surface area contributed by atoms with Crippen molar-refractivity contribution in [1.82, 2.24) is 5.84 Å². The number of anilines is 1. The molecule has 0 aliphatic heterocycles. The molecule has 0 aliphatic rings. The first-order valence-corrected chi connectivity index (χ1v) is 4.46. The van der Waals surface area contributed by atoms with E-state index in [9.17, 15) is 10.6 Å². The van der Waals surface area contributed by atoms with Crippen molar-refractivity contribution in [2.75, 3.05) is 5.01 Å². The second-order valence-corrected chi connectivity index (χ2v) is 3.15. The molecule has 15 heavy (non-hydrogen) atoms. The molecule has 74 valence electrons. The second kappa shape index (κ2) is 3.59. The largest absolute Gasteiger partial charge is 0.350 e. The van der Waals surface area contributed by atoms with Gasteiger partial charge in [0, 0.05) is 11.2 Å². The number of hydrogen-bond donors (Lipinski definition) is 1. The fraction of sp³-hybridized carbons (Fsp3) is 0. The lowest BCUT2D eigenvalue weighted by Gasteiger charge is -2.12. The minimum absolute atomic E-state index is 0.389. The maximum Gasteiger partial charge on any atom is 0.336 e. The van der Waals surface area contributed by atoms with Crippen molar-refractivity contribution >= 4 is 22.5 Å². The number of fused-ring (bicyclic) bond motifs is 1. The number of benzene rings is 2. The first-order chi connectivity index (χ1) is 7.20. The molecule has 0 unspecified atom stereocenters. The van der Waals surface area contributed by atoms with Crippen LogP contribution in [0.1, 0.15) is 0 Å². The van der Waals surface area contributed by atoms with E-state index in [1.54, 1.807) is 12.1 Å². The molecule has 4 nitrogen and oxygen atoms in total. The van der Waals surface area contributed by atoms with Crippen molar-refractivity contribution in [2.24, 2.45) is 5.73 Å². The average molecular weight is 199 g/mol. The number of rotatable bonds is 1. The van der Waals surface area contributed by atoms with Gasteiger partial charge in [-0.25, -0.2) is 4.79 Å². The first-order valence-electron chi connectivity index (χ1n) is 4.46. The summed E-state index contributed by atoms with van der Waals surface area (Å²) in [7, 11) is 0. The van der Waals surface area contributed by atoms with Gasteiger partial charge in [0.1, 0.15) is 0 Å². The van der Waals surface area contributed by atoms with E-state index in [4.69, 9.17) is 5.73 Å². The Hall–Kier alpha value is -2.07. The molecular formula is C11H9N3O. The zero-order valence-electron chi connectivity index (χ0n) is 7.92. The highest BCUT2D eigenvalue weighted by atomic mass is 16.2. The minimum atomic E-state index is -0.897. The summed E-state index contributed by atoms with van der Waals surface area (Å²) in [4.78, 5) is 10.8. The summed E-state index contributed by atoms with van der Waals surface area (Å²) in [6.07, 6.45) is 0. The van der Waals surface area contributed by atoms with Gasteiger partial charge in [-0.3, -0.25) is 0 Å². The fourth-order valence-corrected chi connectivity index (χ4v) is 1.51. The lowest BCUT2D eigenvalue weighted by Crippen LogP contribution is -2.34. The van der Waals surface area contributed by atoms with E-state index in [0.717, 1.165) is 10.8 Å². The number of nitrogens with zero attached hydrogens (tertiary/aromatic N) is 2. The van der Waals surface area contributed by atoms with Gasteiger partial charge in [-0.1, -0.05) is 36.4 Å². The van der Waals surface area contributed by atoms with Crippen molar-refractivity contribution < 1.29 is 4.79 Å². The van der Waals surface area contributed by atoms with Crippen LogP contribution in [0.5, 0.6) is 0 Å². The standard InChI is InChI=1S/C11H9N3O/c12-11(15)14(13)10-7-3-5-8-4-1-2-6-9(8)10/h1-7H,(H2,12,15). The summed E-state index contributed by atoms with van der Waals surface area (Å²) >= 11 is 0. The Bertz CT molecular complexity index is 505. The van der Waals surface area contributed by atoms with Crippen molar-refractivity contribution in [2.45, 2.75) is 0 Å². The number of primary amides is 1. The zero-order chi connectivity index (χ0) is 10.8. The Balaban J connectivity index is 2.65. The van der Waals surface area contributed by atoms with Crippen LogP contribution in [-0.2, 0) is 0 Å². The summed E-state index contributed by atoms with van der Waals surface area (Å²) in [5.74, 6) is 9.45. The van der Waals surface area contributed by atoms with Gasteiger partial charge in [-0.2, -0.15) is 5.01 Å². The number of carbonyl (C=O) groups excluding carboxylic acids is 1. The van der Waals surface area contributed by atoms with E-state index in [1.165, 1.54) is 0 Å². The molecule has 2 radical (unpaired) electrons. The lowest BCUT2D eigenvalue weighted by atomic mass is 10.1. The third-order valence-electron chi connectivity index (χ3n) is 2.20. The highest BCUT2D eigenvalue weighted by molar-refractivity contribution is 6.01. The van der Waals surface area contributed by atoms with Crippen LogP contribution in [0.25, 0.3) is 10.8 Å². The van der Waals surface area contributed by atoms with E-state index >= 15 is 0 Å². The van der Waals surface area contributed by atoms with Crippen LogP contribution >= 0.6 is 0 Å². The van der Waals surface area contributed by atoms with Gasteiger partial charge in [0.15, 0.2) is 0 Å². The highest BCUT2D eigenvalue weighted by Gasteiger charge is 2.11. The summed E-state index contributed by atoms with van der Waals surface area (Å²) < 4.78 is 0. The maximum atomic E-state index is 10.8. The third kappa shape index (κ3) is 1.62. The van der Waals surface area contributed by atoms with Crippen LogP contribution in [0.2, 0.25) is 0 Å². The Kier molecular flexibility index (Phi) is 2.27. The van der Waals surface area contributed by atoms with Gasteiger partial charge in [0.05, 0.1) is 5.69 Å². The Labute approximate surface area is 87.0 Å². The molecule has 0 aromatic heterocycles. The van der Waals surface area contributed by atoms with E-state index in [2.05, 4.69) is 0 Å². The number of hydrogen-bond acceptors (Lipinski definition) is 1.